The number of fused-ring (bicyclic) bond motifs is 1. The zero-order valence-electron chi connectivity index (χ0n) is 20.5. The third kappa shape index (κ3) is 5.74. The van der Waals surface area contributed by atoms with Crippen LogP contribution in [0.3, 0.4) is 0 Å². The first-order valence-electron chi connectivity index (χ1n) is 11.5. The Kier molecular flexibility index (Phi) is 7.77. The van der Waals surface area contributed by atoms with Crippen molar-refractivity contribution >= 4 is 23.1 Å². The van der Waals surface area contributed by atoms with Crippen molar-refractivity contribution in [3.05, 3.63) is 64.0 Å². The summed E-state index contributed by atoms with van der Waals surface area (Å²) in [6.07, 6.45) is -2.01. The number of methoxy groups -OCH3 is 1. The summed E-state index contributed by atoms with van der Waals surface area (Å²) in [4.78, 5) is 28.1. The lowest BCUT2D eigenvalue weighted by atomic mass is 9.94. The molecule has 11 heteroatoms. The number of hydrogen-bond acceptors (Lipinski definition) is 10. The number of ether oxygens (including phenoxy) is 3. The van der Waals surface area contributed by atoms with Crippen LogP contribution in [0.15, 0.2) is 56.7 Å². The number of nitrogens with zero attached hydrogens (tertiary/aromatic N) is 1. The van der Waals surface area contributed by atoms with E-state index < -0.39 is 48.7 Å². The molecule has 1 aromatic heterocycles. The van der Waals surface area contributed by atoms with Crippen LogP contribution < -0.4 is 20.4 Å². The van der Waals surface area contributed by atoms with Gasteiger partial charge in [0.15, 0.2) is 11.5 Å². The Bertz CT molecular complexity index is 1370. The minimum atomic E-state index is -1.30. The molecule has 1 aliphatic rings. The van der Waals surface area contributed by atoms with Crippen LogP contribution in [0.1, 0.15) is 18.1 Å². The fourth-order valence-electron chi connectivity index (χ4n) is 4.21. The number of hydrogen-bond donors (Lipinski definition) is 4. The average Bonchev–Trinajstić information content (AvgIpc) is 2.85. The number of phenols is 1. The molecule has 4 N–H and O–H groups in total. The highest BCUT2D eigenvalue weighted by Gasteiger charge is 2.46. The molecule has 1 amide bonds. The third-order valence-electron chi connectivity index (χ3n) is 6.03. The highest BCUT2D eigenvalue weighted by atomic mass is 16.7. The topological polar surface area (TPSA) is 160 Å². The lowest BCUT2D eigenvalue weighted by Gasteiger charge is -2.42. The minimum absolute atomic E-state index is 0.0391. The number of aliphatic imine (C=N–C) groups is 1. The Morgan fingerprint density at radius 1 is 1.22 bits per heavy atom. The number of nitrogens with one attached hydrogen (secondary N) is 1. The van der Waals surface area contributed by atoms with E-state index in [9.17, 15) is 24.9 Å². The summed E-state index contributed by atoms with van der Waals surface area (Å²) in [5.41, 5.74) is 1.11. The summed E-state index contributed by atoms with van der Waals surface area (Å²) in [6.45, 7) is 2.58. The maximum Gasteiger partial charge on any atom is 0.336 e. The Morgan fingerprint density at radius 2 is 2.00 bits per heavy atom. The molecule has 0 saturated carbocycles. The van der Waals surface area contributed by atoms with E-state index in [4.69, 9.17) is 18.6 Å². The van der Waals surface area contributed by atoms with Crippen molar-refractivity contribution in [1.82, 2.24) is 5.32 Å². The number of amides is 1. The van der Waals surface area contributed by atoms with E-state index in [0.29, 0.717) is 11.1 Å². The second-order valence-corrected chi connectivity index (χ2v) is 8.67. The third-order valence-corrected chi connectivity index (χ3v) is 6.03. The Labute approximate surface area is 211 Å². The number of aromatic hydroxyl groups is 1. The van der Waals surface area contributed by atoms with Gasteiger partial charge in [-0.25, -0.2) is 4.79 Å². The smallest absolute Gasteiger partial charge is 0.336 e. The maximum atomic E-state index is 11.9. The first-order chi connectivity index (χ1) is 17.7. The summed E-state index contributed by atoms with van der Waals surface area (Å²) >= 11 is 0. The molecule has 37 heavy (non-hydrogen) atoms. The van der Waals surface area contributed by atoms with Crippen LogP contribution >= 0.6 is 0 Å². The van der Waals surface area contributed by atoms with E-state index >= 15 is 0 Å². The van der Waals surface area contributed by atoms with Gasteiger partial charge in [0.1, 0.15) is 35.6 Å². The summed E-state index contributed by atoms with van der Waals surface area (Å²) < 4.78 is 22.2. The SMILES string of the molecule is COc1cc(C=N[C@H]2[C@H](O)[C@@H](NC(C)=O)[C@H](Oc3ccc4c(C)cc(=O)oc4c3)O[C@@H]2CO)ccc1O. The van der Waals surface area contributed by atoms with Crippen molar-refractivity contribution in [2.24, 2.45) is 4.99 Å². The number of aliphatic hydroxyl groups excluding tert-OH is 2. The van der Waals surface area contributed by atoms with Crippen LogP contribution in [-0.2, 0) is 9.53 Å². The fraction of sp³-hybridized carbons (Fsp3) is 0.346. The number of carbonyl (C=O) groups is 1. The van der Waals surface area contributed by atoms with Crippen molar-refractivity contribution in [3.63, 3.8) is 0 Å². The van der Waals surface area contributed by atoms with Gasteiger partial charge in [0.05, 0.1) is 13.7 Å². The number of aryl methyl sites for hydroxylation is 1. The molecule has 5 atom stereocenters. The Hall–Kier alpha value is -3.93. The summed E-state index contributed by atoms with van der Waals surface area (Å²) in [6, 6.07) is 8.86. The number of aliphatic hydroxyl groups is 2. The van der Waals surface area contributed by atoms with Crippen LogP contribution in [0, 0.1) is 6.92 Å². The number of benzene rings is 2. The number of carbonyl (C=O) groups excluding carboxylic acids is 1. The molecule has 196 valence electrons. The first-order valence-corrected chi connectivity index (χ1v) is 11.5. The van der Waals surface area contributed by atoms with Crippen LogP contribution in [-0.4, -0.2) is 71.7 Å². The molecular formula is C26H28N2O9. The summed E-state index contributed by atoms with van der Waals surface area (Å²) in [5.74, 6) is 0.0373. The predicted molar refractivity (Wildman–Crippen MR) is 133 cm³/mol. The molecule has 0 bridgehead atoms. The molecular weight excluding hydrogens is 484 g/mol. The van der Waals surface area contributed by atoms with Gasteiger partial charge in [0.25, 0.3) is 0 Å². The van der Waals surface area contributed by atoms with Gasteiger partial charge in [0.2, 0.25) is 12.2 Å². The van der Waals surface area contributed by atoms with Gasteiger partial charge in [0, 0.05) is 30.7 Å². The largest absolute Gasteiger partial charge is 0.504 e. The molecule has 0 spiro atoms. The van der Waals surface area contributed by atoms with Gasteiger partial charge in [-0.15, -0.1) is 0 Å². The van der Waals surface area contributed by atoms with E-state index in [1.807, 2.05) is 0 Å². The highest BCUT2D eigenvalue weighted by molar-refractivity contribution is 5.82. The first kappa shape index (κ1) is 26.1. The second-order valence-electron chi connectivity index (χ2n) is 8.67. The molecule has 0 radical (unpaired) electrons. The zero-order chi connectivity index (χ0) is 26.7. The molecule has 1 aliphatic heterocycles. The maximum absolute atomic E-state index is 11.9. The van der Waals surface area contributed by atoms with Crippen molar-refractivity contribution in [3.8, 4) is 17.2 Å². The van der Waals surface area contributed by atoms with Crippen LogP contribution in [0.25, 0.3) is 11.0 Å². The minimum Gasteiger partial charge on any atom is -0.504 e. The van der Waals surface area contributed by atoms with Crippen molar-refractivity contribution < 1.29 is 38.7 Å². The quantitative estimate of drug-likeness (QED) is 0.270. The monoisotopic (exact) mass is 512 g/mol. The predicted octanol–water partition coefficient (Wildman–Crippen LogP) is 1.26. The molecule has 11 nitrogen and oxygen atoms in total. The van der Waals surface area contributed by atoms with Gasteiger partial charge < -0.3 is 39.3 Å². The van der Waals surface area contributed by atoms with E-state index in [2.05, 4.69) is 10.3 Å². The highest BCUT2D eigenvalue weighted by Crippen LogP contribution is 2.29. The fourth-order valence-corrected chi connectivity index (χ4v) is 4.21. The normalized spacial score (nSPS) is 23.8. The van der Waals surface area contributed by atoms with E-state index in [1.54, 1.807) is 31.2 Å². The van der Waals surface area contributed by atoms with Crippen LogP contribution in [0.4, 0.5) is 0 Å². The van der Waals surface area contributed by atoms with Crippen LogP contribution in [0.2, 0.25) is 0 Å². The lowest BCUT2D eigenvalue weighted by Crippen LogP contribution is -2.65. The average molecular weight is 513 g/mol. The van der Waals surface area contributed by atoms with Gasteiger partial charge >= 0.3 is 5.63 Å². The second kappa shape index (κ2) is 11.0. The van der Waals surface area contributed by atoms with E-state index in [-0.39, 0.29) is 17.2 Å². The van der Waals surface area contributed by atoms with Gasteiger partial charge in [-0.3, -0.25) is 9.79 Å². The van der Waals surface area contributed by atoms with Crippen molar-refractivity contribution in [1.29, 1.82) is 0 Å². The summed E-state index contributed by atoms with van der Waals surface area (Å²) in [5, 5.41) is 34.3. The van der Waals surface area contributed by atoms with Crippen molar-refractivity contribution in [2.75, 3.05) is 13.7 Å². The van der Waals surface area contributed by atoms with Crippen molar-refractivity contribution in [2.45, 2.75) is 44.4 Å². The van der Waals surface area contributed by atoms with Gasteiger partial charge in [-0.1, -0.05) is 0 Å². The van der Waals surface area contributed by atoms with Crippen LogP contribution in [0.5, 0.6) is 17.2 Å². The molecule has 1 saturated heterocycles. The Balaban J connectivity index is 1.61. The molecule has 4 rings (SSSR count). The molecule has 3 aromatic rings. The molecule has 0 unspecified atom stereocenters. The molecule has 2 aromatic carbocycles. The molecule has 0 aliphatic carbocycles. The summed E-state index contributed by atoms with van der Waals surface area (Å²) in [7, 11) is 1.42. The Morgan fingerprint density at radius 3 is 2.70 bits per heavy atom. The lowest BCUT2D eigenvalue weighted by molar-refractivity contribution is -0.209. The standard InChI is InChI=1S/C26H28N2O9/c1-13-8-22(32)36-19-10-16(5-6-17(13)19)35-26-24(28-14(2)30)25(33)23(21(12-29)37-26)27-11-15-4-7-18(31)20(9-15)34-3/h4-11,21,23-26,29,31,33H,12H2,1-3H3,(H,28,30)/t21-,23-,24-,25+,26-/m1/s1. The van der Waals surface area contributed by atoms with Gasteiger partial charge in [-0.05, 0) is 48.4 Å². The number of rotatable bonds is 7. The molecule has 2 heterocycles. The molecule has 1 fully saturated rings. The number of phenolic OH excluding ortho intramolecular Hbond substituents is 1. The zero-order valence-corrected chi connectivity index (χ0v) is 20.5. The van der Waals surface area contributed by atoms with Gasteiger partial charge in [-0.2, -0.15) is 0 Å². The van der Waals surface area contributed by atoms with E-state index in [0.717, 1.165) is 10.9 Å². The van der Waals surface area contributed by atoms with E-state index in [1.165, 1.54) is 38.4 Å².